The van der Waals surface area contributed by atoms with Crippen LogP contribution in [0.2, 0.25) is 0 Å². The van der Waals surface area contributed by atoms with Crippen LogP contribution in [0.1, 0.15) is 27.0 Å². The maximum atomic E-state index is 12.4. The van der Waals surface area contributed by atoms with Crippen LogP contribution in [0.4, 0.5) is 0 Å². The van der Waals surface area contributed by atoms with Gasteiger partial charge < -0.3 is 9.84 Å². The molecule has 98 valence electrons. The summed E-state index contributed by atoms with van der Waals surface area (Å²) in [6, 6.07) is 10.4. The molecule has 0 saturated heterocycles. The van der Waals surface area contributed by atoms with Gasteiger partial charge >= 0.3 is 0 Å². The quantitative estimate of drug-likeness (QED) is 0.857. The van der Waals surface area contributed by atoms with E-state index in [0.29, 0.717) is 16.9 Å². The molecule has 0 unspecified atom stereocenters. The predicted molar refractivity (Wildman–Crippen MR) is 74.0 cm³/mol. The molecule has 0 amide bonds. The van der Waals surface area contributed by atoms with E-state index < -0.39 is 0 Å². The van der Waals surface area contributed by atoms with Gasteiger partial charge in [0.15, 0.2) is 5.78 Å². The molecule has 2 rings (SSSR count). The van der Waals surface area contributed by atoms with Crippen molar-refractivity contribution >= 4 is 5.78 Å². The maximum absolute atomic E-state index is 12.4. The topological polar surface area (TPSA) is 46.5 Å². The third-order valence-electron chi connectivity index (χ3n) is 3.31. The molecule has 0 aliphatic heterocycles. The van der Waals surface area contributed by atoms with Gasteiger partial charge in [-0.3, -0.25) is 4.79 Å². The summed E-state index contributed by atoms with van der Waals surface area (Å²) in [4.78, 5) is 12.4. The van der Waals surface area contributed by atoms with Crippen LogP contribution >= 0.6 is 0 Å². The summed E-state index contributed by atoms with van der Waals surface area (Å²) in [6.07, 6.45) is 0. The van der Waals surface area contributed by atoms with Crippen molar-refractivity contribution in [1.29, 1.82) is 0 Å². The Morgan fingerprint density at radius 2 is 1.74 bits per heavy atom. The standard InChI is InChI=1S/C16H16O3/c1-10-11(2)15(13(17)9-14(10)19-3)16(18)12-7-5-4-6-8-12/h4-9,17H,1-3H3. The third-order valence-corrected chi connectivity index (χ3v) is 3.31. The summed E-state index contributed by atoms with van der Waals surface area (Å²) in [5.41, 5.74) is 2.50. The van der Waals surface area contributed by atoms with E-state index in [1.165, 1.54) is 6.07 Å². The highest BCUT2D eigenvalue weighted by Gasteiger charge is 2.19. The van der Waals surface area contributed by atoms with Gasteiger partial charge in [0.2, 0.25) is 0 Å². The van der Waals surface area contributed by atoms with Gasteiger partial charge in [-0.2, -0.15) is 0 Å². The number of carbonyl (C=O) groups excluding carboxylic acids is 1. The molecule has 0 bridgehead atoms. The second kappa shape index (κ2) is 5.14. The van der Waals surface area contributed by atoms with Gasteiger partial charge in [0.05, 0.1) is 12.7 Å². The molecule has 19 heavy (non-hydrogen) atoms. The molecule has 0 fully saturated rings. The molecule has 3 heteroatoms. The van der Waals surface area contributed by atoms with Crippen LogP contribution in [-0.4, -0.2) is 18.0 Å². The second-order valence-electron chi connectivity index (χ2n) is 4.42. The predicted octanol–water partition coefficient (Wildman–Crippen LogP) is 3.25. The molecule has 0 heterocycles. The van der Waals surface area contributed by atoms with Crippen LogP contribution in [0.5, 0.6) is 11.5 Å². The van der Waals surface area contributed by atoms with Crippen LogP contribution in [0.3, 0.4) is 0 Å². The lowest BCUT2D eigenvalue weighted by Crippen LogP contribution is -2.06. The zero-order valence-electron chi connectivity index (χ0n) is 11.2. The minimum atomic E-state index is -0.179. The lowest BCUT2D eigenvalue weighted by Gasteiger charge is -2.14. The highest BCUT2D eigenvalue weighted by Crippen LogP contribution is 2.33. The van der Waals surface area contributed by atoms with Crippen LogP contribution in [0.25, 0.3) is 0 Å². The third kappa shape index (κ3) is 2.32. The summed E-state index contributed by atoms with van der Waals surface area (Å²) < 4.78 is 5.18. The van der Waals surface area contributed by atoms with E-state index in [1.54, 1.807) is 31.4 Å². The van der Waals surface area contributed by atoms with Crippen LogP contribution < -0.4 is 4.74 Å². The Balaban J connectivity index is 2.58. The van der Waals surface area contributed by atoms with Gasteiger partial charge in [-0.25, -0.2) is 0 Å². The lowest BCUT2D eigenvalue weighted by atomic mass is 9.94. The van der Waals surface area contributed by atoms with E-state index in [9.17, 15) is 9.90 Å². The first-order valence-corrected chi connectivity index (χ1v) is 6.03. The Labute approximate surface area is 112 Å². The molecule has 2 aromatic carbocycles. The van der Waals surface area contributed by atoms with E-state index in [1.807, 2.05) is 19.9 Å². The number of carbonyl (C=O) groups is 1. The minimum Gasteiger partial charge on any atom is -0.507 e. The Kier molecular flexibility index (Phi) is 3.56. The molecule has 0 aliphatic rings. The molecule has 0 spiro atoms. The van der Waals surface area contributed by atoms with Crippen molar-refractivity contribution < 1.29 is 14.6 Å². The number of methoxy groups -OCH3 is 1. The molecule has 0 aliphatic carbocycles. The largest absolute Gasteiger partial charge is 0.507 e. The Morgan fingerprint density at radius 1 is 1.11 bits per heavy atom. The van der Waals surface area contributed by atoms with E-state index in [4.69, 9.17) is 4.74 Å². The SMILES string of the molecule is COc1cc(O)c(C(=O)c2ccccc2)c(C)c1C. The Morgan fingerprint density at radius 3 is 2.32 bits per heavy atom. The first-order chi connectivity index (χ1) is 9.06. The maximum Gasteiger partial charge on any atom is 0.197 e. The molecule has 1 N–H and O–H groups in total. The van der Waals surface area contributed by atoms with Crippen LogP contribution in [0.15, 0.2) is 36.4 Å². The molecule has 0 radical (unpaired) electrons. The number of benzene rings is 2. The average molecular weight is 256 g/mol. The normalized spacial score (nSPS) is 10.3. The van der Waals surface area contributed by atoms with Crippen molar-refractivity contribution in [3.63, 3.8) is 0 Å². The van der Waals surface area contributed by atoms with Crippen molar-refractivity contribution in [2.75, 3.05) is 7.11 Å². The first kappa shape index (κ1) is 13.1. The number of aromatic hydroxyl groups is 1. The lowest BCUT2D eigenvalue weighted by molar-refractivity contribution is 0.103. The smallest absolute Gasteiger partial charge is 0.197 e. The number of rotatable bonds is 3. The zero-order chi connectivity index (χ0) is 14.0. The Bertz CT molecular complexity index is 616. The van der Waals surface area contributed by atoms with E-state index in [2.05, 4.69) is 0 Å². The highest BCUT2D eigenvalue weighted by molar-refractivity contribution is 6.11. The van der Waals surface area contributed by atoms with Crippen molar-refractivity contribution in [3.05, 3.63) is 58.7 Å². The highest BCUT2D eigenvalue weighted by atomic mass is 16.5. The van der Waals surface area contributed by atoms with Gasteiger partial charge in [0, 0.05) is 11.6 Å². The second-order valence-corrected chi connectivity index (χ2v) is 4.42. The van der Waals surface area contributed by atoms with Crippen molar-refractivity contribution in [2.24, 2.45) is 0 Å². The number of ether oxygens (including phenoxy) is 1. The van der Waals surface area contributed by atoms with Crippen LogP contribution in [-0.2, 0) is 0 Å². The molecular weight excluding hydrogens is 240 g/mol. The van der Waals surface area contributed by atoms with Crippen molar-refractivity contribution in [2.45, 2.75) is 13.8 Å². The van der Waals surface area contributed by atoms with E-state index >= 15 is 0 Å². The number of phenols is 1. The Hall–Kier alpha value is -2.29. The molecular formula is C16H16O3. The van der Waals surface area contributed by atoms with Gasteiger partial charge in [0.1, 0.15) is 11.5 Å². The zero-order valence-corrected chi connectivity index (χ0v) is 11.2. The fourth-order valence-corrected chi connectivity index (χ4v) is 2.10. The van der Waals surface area contributed by atoms with E-state index in [0.717, 1.165) is 11.1 Å². The summed E-state index contributed by atoms with van der Waals surface area (Å²) in [5, 5.41) is 10.1. The average Bonchev–Trinajstić information content (AvgIpc) is 2.43. The van der Waals surface area contributed by atoms with Crippen molar-refractivity contribution in [1.82, 2.24) is 0 Å². The number of phenolic OH excluding ortho intramolecular Hbond substituents is 1. The summed E-state index contributed by atoms with van der Waals surface area (Å²) in [6.45, 7) is 3.68. The summed E-state index contributed by atoms with van der Waals surface area (Å²) >= 11 is 0. The van der Waals surface area contributed by atoms with Gasteiger partial charge in [-0.15, -0.1) is 0 Å². The van der Waals surface area contributed by atoms with Crippen LogP contribution in [0, 0.1) is 13.8 Å². The number of ketones is 1. The van der Waals surface area contributed by atoms with Gasteiger partial charge in [-0.1, -0.05) is 30.3 Å². The monoisotopic (exact) mass is 256 g/mol. The molecule has 2 aromatic rings. The fourth-order valence-electron chi connectivity index (χ4n) is 2.10. The molecule has 0 atom stereocenters. The first-order valence-electron chi connectivity index (χ1n) is 6.03. The number of hydrogen-bond donors (Lipinski definition) is 1. The van der Waals surface area contributed by atoms with Gasteiger partial charge in [-0.05, 0) is 25.0 Å². The molecule has 0 aromatic heterocycles. The minimum absolute atomic E-state index is 0.0474. The van der Waals surface area contributed by atoms with E-state index in [-0.39, 0.29) is 11.5 Å². The fraction of sp³-hybridized carbons (Fsp3) is 0.188. The molecule has 0 saturated carbocycles. The summed E-state index contributed by atoms with van der Waals surface area (Å²) in [5.74, 6) is 0.356. The number of hydrogen-bond acceptors (Lipinski definition) is 3. The molecule has 3 nitrogen and oxygen atoms in total. The summed E-state index contributed by atoms with van der Waals surface area (Å²) in [7, 11) is 1.54. The van der Waals surface area contributed by atoms with Gasteiger partial charge in [0.25, 0.3) is 0 Å². The van der Waals surface area contributed by atoms with Crippen molar-refractivity contribution in [3.8, 4) is 11.5 Å².